The van der Waals surface area contributed by atoms with Crippen LogP contribution >= 0.6 is 11.3 Å². The maximum atomic E-state index is 12.2. The summed E-state index contributed by atoms with van der Waals surface area (Å²) in [6.45, 7) is 7.82. The van der Waals surface area contributed by atoms with Gasteiger partial charge in [-0.3, -0.25) is 4.79 Å². The zero-order chi connectivity index (χ0) is 14.0. The van der Waals surface area contributed by atoms with Gasteiger partial charge in [-0.15, -0.1) is 11.3 Å². The van der Waals surface area contributed by atoms with Crippen LogP contribution in [0.3, 0.4) is 0 Å². The molecule has 1 aromatic heterocycles. The number of hydrogen-bond acceptors (Lipinski definition) is 3. The molecule has 0 aliphatic heterocycles. The largest absolute Gasteiger partial charge is 0.346 e. The molecule has 3 nitrogen and oxygen atoms in total. The number of aromatic nitrogens is 1. The number of aryl methyl sites for hydroxylation is 1. The standard InChI is InChI=1S/C15H18N2OS/c1-10-12(13(18)17-15(2,3)4)16-14(19-10)11-8-6-5-7-9-11/h5-9H,1-4H3,(H,17,18). The summed E-state index contributed by atoms with van der Waals surface area (Å²) in [5, 5.41) is 3.83. The van der Waals surface area contributed by atoms with Crippen LogP contribution in [0.5, 0.6) is 0 Å². The lowest BCUT2D eigenvalue weighted by Gasteiger charge is -2.19. The Bertz CT molecular complexity index is 582. The Kier molecular flexibility index (Phi) is 3.71. The molecule has 2 rings (SSSR count). The highest BCUT2D eigenvalue weighted by Crippen LogP contribution is 2.27. The molecule has 0 aliphatic carbocycles. The fraction of sp³-hybridized carbons (Fsp3) is 0.333. The van der Waals surface area contributed by atoms with Crippen molar-refractivity contribution >= 4 is 17.2 Å². The number of benzene rings is 1. The SMILES string of the molecule is Cc1sc(-c2ccccc2)nc1C(=O)NC(C)(C)C. The van der Waals surface area contributed by atoms with E-state index in [9.17, 15) is 4.79 Å². The molecule has 0 saturated heterocycles. The summed E-state index contributed by atoms with van der Waals surface area (Å²) in [6.07, 6.45) is 0. The van der Waals surface area contributed by atoms with Gasteiger partial charge in [0.15, 0.2) is 0 Å². The molecule has 1 N–H and O–H groups in total. The van der Waals surface area contributed by atoms with Crippen LogP contribution in [0.15, 0.2) is 30.3 Å². The Labute approximate surface area is 117 Å². The quantitative estimate of drug-likeness (QED) is 0.908. The number of rotatable bonds is 2. The van der Waals surface area contributed by atoms with Crippen molar-refractivity contribution in [2.45, 2.75) is 33.2 Å². The Morgan fingerprint density at radius 3 is 2.42 bits per heavy atom. The number of hydrogen-bond donors (Lipinski definition) is 1. The summed E-state index contributed by atoms with van der Waals surface area (Å²) < 4.78 is 0. The van der Waals surface area contributed by atoms with Gasteiger partial charge in [0.25, 0.3) is 5.91 Å². The van der Waals surface area contributed by atoms with Crippen molar-refractivity contribution in [3.63, 3.8) is 0 Å². The number of carbonyl (C=O) groups is 1. The molecule has 0 unspecified atom stereocenters. The molecule has 0 aliphatic rings. The topological polar surface area (TPSA) is 42.0 Å². The van der Waals surface area contributed by atoms with Gasteiger partial charge in [0.2, 0.25) is 0 Å². The van der Waals surface area contributed by atoms with E-state index >= 15 is 0 Å². The summed E-state index contributed by atoms with van der Waals surface area (Å²) in [4.78, 5) is 17.6. The van der Waals surface area contributed by atoms with Crippen molar-refractivity contribution in [2.75, 3.05) is 0 Å². The van der Waals surface area contributed by atoms with E-state index in [4.69, 9.17) is 0 Å². The Balaban J connectivity index is 2.30. The molecule has 19 heavy (non-hydrogen) atoms. The first-order chi connectivity index (χ1) is 8.87. The van der Waals surface area contributed by atoms with E-state index in [1.807, 2.05) is 58.0 Å². The molecule has 0 atom stereocenters. The molecule has 0 radical (unpaired) electrons. The van der Waals surface area contributed by atoms with Crippen LogP contribution in [0.4, 0.5) is 0 Å². The van der Waals surface area contributed by atoms with Crippen molar-refractivity contribution in [3.05, 3.63) is 40.9 Å². The number of nitrogens with zero attached hydrogens (tertiary/aromatic N) is 1. The molecule has 0 bridgehead atoms. The lowest BCUT2D eigenvalue weighted by molar-refractivity contribution is 0.0914. The summed E-state index contributed by atoms with van der Waals surface area (Å²) in [6, 6.07) is 9.92. The Morgan fingerprint density at radius 2 is 1.84 bits per heavy atom. The van der Waals surface area contributed by atoms with Gasteiger partial charge in [-0.2, -0.15) is 0 Å². The highest BCUT2D eigenvalue weighted by Gasteiger charge is 2.20. The monoisotopic (exact) mass is 274 g/mol. The molecular weight excluding hydrogens is 256 g/mol. The fourth-order valence-corrected chi connectivity index (χ4v) is 2.63. The molecule has 1 aromatic carbocycles. The second-order valence-electron chi connectivity index (χ2n) is 5.49. The van der Waals surface area contributed by atoms with Crippen LogP contribution < -0.4 is 5.32 Å². The minimum Gasteiger partial charge on any atom is -0.346 e. The van der Waals surface area contributed by atoms with E-state index in [0.29, 0.717) is 5.69 Å². The van der Waals surface area contributed by atoms with Crippen LogP contribution in [-0.2, 0) is 0 Å². The molecule has 1 amide bonds. The lowest BCUT2D eigenvalue weighted by Crippen LogP contribution is -2.40. The first-order valence-electron chi connectivity index (χ1n) is 6.22. The van der Waals surface area contributed by atoms with Crippen LogP contribution in [0.25, 0.3) is 10.6 Å². The van der Waals surface area contributed by atoms with Crippen LogP contribution in [0, 0.1) is 6.92 Å². The second-order valence-corrected chi connectivity index (χ2v) is 6.70. The van der Waals surface area contributed by atoms with Crippen molar-refractivity contribution in [3.8, 4) is 10.6 Å². The van der Waals surface area contributed by atoms with Gasteiger partial charge in [-0.05, 0) is 27.7 Å². The normalized spacial score (nSPS) is 11.4. The predicted molar refractivity (Wildman–Crippen MR) is 79.5 cm³/mol. The number of carbonyl (C=O) groups excluding carboxylic acids is 1. The molecular formula is C15H18N2OS. The van der Waals surface area contributed by atoms with E-state index in [1.54, 1.807) is 11.3 Å². The van der Waals surface area contributed by atoms with Gasteiger partial charge >= 0.3 is 0 Å². The number of thiazole rings is 1. The third kappa shape index (κ3) is 3.41. The predicted octanol–water partition coefficient (Wildman–Crippen LogP) is 3.65. The van der Waals surface area contributed by atoms with Gasteiger partial charge in [-0.25, -0.2) is 4.98 Å². The molecule has 0 spiro atoms. The summed E-state index contributed by atoms with van der Waals surface area (Å²) in [5.74, 6) is -0.108. The molecule has 0 fully saturated rings. The average Bonchev–Trinajstić information content (AvgIpc) is 2.70. The molecule has 1 heterocycles. The Hall–Kier alpha value is -1.68. The first-order valence-corrected chi connectivity index (χ1v) is 7.04. The van der Waals surface area contributed by atoms with Gasteiger partial charge < -0.3 is 5.32 Å². The van der Waals surface area contributed by atoms with E-state index < -0.39 is 0 Å². The van der Waals surface area contributed by atoms with E-state index in [1.165, 1.54) is 0 Å². The lowest BCUT2D eigenvalue weighted by atomic mass is 10.1. The third-order valence-electron chi connectivity index (χ3n) is 2.52. The zero-order valence-electron chi connectivity index (χ0n) is 11.7. The van der Waals surface area contributed by atoms with Crippen molar-refractivity contribution in [1.29, 1.82) is 0 Å². The Morgan fingerprint density at radius 1 is 1.21 bits per heavy atom. The van der Waals surface area contributed by atoms with Crippen LogP contribution in [-0.4, -0.2) is 16.4 Å². The minimum absolute atomic E-state index is 0.108. The molecule has 4 heteroatoms. The zero-order valence-corrected chi connectivity index (χ0v) is 12.5. The molecule has 2 aromatic rings. The maximum absolute atomic E-state index is 12.2. The highest BCUT2D eigenvalue weighted by molar-refractivity contribution is 7.15. The van der Waals surface area contributed by atoms with Crippen LogP contribution in [0.2, 0.25) is 0 Å². The summed E-state index contributed by atoms with van der Waals surface area (Å²) >= 11 is 1.55. The second kappa shape index (κ2) is 5.13. The summed E-state index contributed by atoms with van der Waals surface area (Å²) in [7, 11) is 0. The number of amides is 1. The molecule has 100 valence electrons. The average molecular weight is 274 g/mol. The maximum Gasteiger partial charge on any atom is 0.271 e. The van der Waals surface area contributed by atoms with Crippen molar-refractivity contribution in [2.24, 2.45) is 0 Å². The molecule has 0 saturated carbocycles. The first kappa shape index (κ1) is 13.7. The van der Waals surface area contributed by atoms with Gasteiger partial charge in [-0.1, -0.05) is 30.3 Å². The highest BCUT2D eigenvalue weighted by atomic mass is 32.1. The van der Waals surface area contributed by atoms with Gasteiger partial charge in [0.05, 0.1) is 0 Å². The van der Waals surface area contributed by atoms with Gasteiger partial charge in [0.1, 0.15) is 10.7 Å². The van der Waals surface area contributed by atoms with Crippen molar-refractivity contribution in [1.82, 2.24) is 10.3 Å². The van der Waals surface area contributed by atoms with Crippen LogP contribution in [0.1, 0.15) is 36.1 Å². The van der Waals surface area contributed by atoms with Gasteiger partial charge in [0, 0.05) is 16.0 Å². The van der Waals surface area contributed by atoms with Crippen molar-refractivity contribution < 1.29 is 4.79 Å². The summed E-state index contributed by atoms with van der Waals surface area (Å²) in [5.41, 5.74) is 1.32. The fourth-order valence-electron chi connectivity index (χ4n) is 1.71. The van der Waals surface area contributed by atoms with E-state index in [2.05, 4.69) is 10.3 Å². The van der Waals surface area contributed by atoms with E-state index in [-0.39, 0.29) is 11.4 Å². The smallest absolute Gasteiger partial charge is 0.271 e. The minimum atomic E-state index is -0.250. The van der Waals surface area contributed by atoms with E-state index in [0.717, 1.165) is 15.4 Å². The number of nitrogens with one attached hydrogen (secondary N) is 1. The third-order valence-corrected chi connectivity index (χ3v) is 3.54.